The molecule has 0 saturated carbocycles. The number of hydrogen-bond acceptors (Lipinski definition) is 1. The average molecular weight is 179 g/mol. The number of nitrogens with one attached hydrogen (secondary N) is 1. The molecule has 0 unspecified atom stereocenters. The molecule has 12 heavy (non-hydrogen) atoms. The second kappa shape index (κ2) is 5.97. The Morgan fingerprint density at radius 2 is 1.83 bits per heavy atom. The van der Waals surface area contributed by atoms with Gasteiger partial charge in [-0.2, -0.15) is 0 Å². The molecule has 0 aliphatic carbocycles. The van der Waals surface area contributed by atoms with E-state index >= 15 is 0 Å². The molecule has 1 rings (SSSR count). The van der Waals surface area contributed by atoms with Crippen LogP contribution in [0.15, 0.2) is 30.3 Å². The normalized spacial score (nSPS) is 10.3. The Hall–Kier alpha value is -0.603. The second-order valence-electron chi connectivity index (χ2n) is 3.05. The molecule has 1 aromatic carbocycles. The van der Waals surface area contributed by atoms with Gasteiger partial charge >= 0.3 is 0 Å². The molecule has 0 fully saturated rings. The van der Waals surface area contributed by atoms with Crippen LogP contribution < -0.4 is 4.98 Å². The summed E-state index contributed by atoms with van der Waals surface area (Å²) in [5.41, 5.74) is 1.46. The topological polar surface area (TPSA) is 12.0 Å². The fraction of sp³-hybridized carbons (Fsp3) is 0.400. The number of rotatable bonds is 5. The molecule has 0 amide bonds. The first-order valence-corrected chi connectivity index (χ1v) is 5.62. The first kappa shape index (κ1) is 9.48. The van der Waals surface area contributed by atoms with Gasteiger partial charge in [-0.05, 0) is 31.4 Å². The molecule has 0 aliphatic rings. The lowest BCUT2D eigenvalue weighted by molar-refractivity contribution is 0.720. The van der Waals surface area contributed by atoms with Gasteiger partial charge in [0.2, 0.25) is 0 Å². The van der Waals surface area contributed by atoms with Crippen molar-refractivity contribution in [2.75, 3.05) is 6.54 Å². The minimum atomic E-state index is 1.13. The van der Waals surface area contributed by atoms with E-state index in [1.807, 2.05) is 0 Å². The van der Waals surface area contributed by atoms with E-state index in [9.17, 15) is 0 Å². The van der Waals surface area contributed by atoms with E-state index in [1.165, 1.54) is 31.4 Å². The molecular weight excluding hydrogens is 162 g/mol. The Kier molecular flexibility index (Phi) is 4.72. The SMILES string of the molecule is [SiH3]NCCCCc1ccccc1. The first-order chi connectivity index (χ1) is 5.93. The minimum absolute atomic E-state index is 1.13. The van der Waals surface area contributed by atoms with E-state index in [0.717, 1.165) is 10.4 Å². The summed E-state index contributed by atoms with van der Waals surface area (Å²) in [5.74, 6) is 0. The van der Waals surface area contributed by atoms with Crippen molar-refractivity contribution in [3.63, 3.8) is 0 Å². The number of benzene rings is 1. The number of hydrogen-bond donors (Lipinski definition) is 1. The maximum absolute atomic E-state index is 3.29. The smallest absolute Gasteiger partial charge is 0.0749 e. The molecule has 0 atom stereocenters. The maximum atomic E-state index is 3.29. The van der Waals surface area contributed by atoms with E-state index in [4.69, 9.17) is 0 Å². The largest absolute Gasteiger partial charge is 0.345 e. The van der Waals surface area contributed by atoms with Crippen LogP contribution >= 0.6 is 0 Å². The standard InChI is InChI=1S/C10H17NSi/c12-11-9-5-4-8-10-6-2-1-3-7-10/h1-3,6-7,11H,4-5,8-9H2,12H3. The zero-order valence-electron chi connectivity index (χ0n) is 7.72. The van der Waals surface area contributed by atoms with Gasteiger partial charge in [-0.15, -0.1) is 0 Å². The maximum Gasteiger partial charge on any atom is 0.0749 e. The fourth-order valence-electron chi connectivity index (χ4n) is 1.28. The Balaban J connectivity index is 2.16. The molecule has 1 nitrogen and oxygen atoms in total. The summed E-state index contributed by atoms with van der Waals surface area (Å²) in [6.07, 6.45) is 3.84. The highest BCUT2D eigenvalue weighted by molar-refractivity contribution is 6.04. The quantitative estimate of drug-likeness (QED) is 0.523. The summed E-state index contributed by atoms with van der Waals surface area (Å²) in [4.78, 5) is 3.29. The lowest BCUT2D eigenvalue weighted by atomic mass is 10.1. The summed E-state index contributed by atoms with van der Waals surface area (Å²) in [6, 6.07) is 10.7. The molecule has 0 saturated heterocycles. The zero-order valence-corrected chi connectivity index (χ0v) is 9.72. The molecule has 1 N–H and O–H groups in total. The minimum Gasteiger partial charge on any atom is -0.345 e. The summed E-state index contributed by atoms with van der Waals surface area (Å²) < 4.78 is 0. The van der Waals surface area contributed by atoms with E-state index in [-0.39, 0.29) is 0 Å². The highest BCUT2D eigenvalue weighted by atomic mass is 28.2. The third-order valence-electron chi connectivity index (χ3n) is 1.99. The molecule has 0 aromatic heterocycles. The molecule has 0 bridgehead atoms. The van der Waals surface area contributed by atoms with Crippen LogP contribution in [-0.2, 0) is 6.42 Å². The van der Waals surface area contributed by atoms with Crippen LogP contribution in [0.4, 0.5) is 0 Å². The van der Waals surface area contributed by atoms with E-state index in [0.29, 0.717) is 0 Å². The molecule has 66 valence electrons. The molecule has 1 aromatic rings. The Morgan fingerprint density at radius 3 is 2.50 bits per heavy atom. The van der Waals surface area contributed by atoms with Crippen LogP contribution in [0.5, 0.6) is 0 Å². The van der Waals surface area contributed by atoms with Crippen molar-refractivity contribution in [1.82, 2.24) is 4.98 Å². The van der Waals surface area contributed by atoms with Crippen molar-refractivity contribution in [2.45, 2.75) is 19.3 Å². The fourth-order valence-corrected chi connectivity index (χ4v) is 1.63. The van der Waals surface area contributed by atoms with Gasteiger partial charge in [0.1, 0.15) is 0 Å². The van der Waals surface area contributed by atoms with E-state index in [2.05, 4.69) is 35.3 Å². The van der Waals surface area contributed by atoms with Gasteiger partial charge < -0.3 is 4.98 Å². The van der Waals surface area contributed by atoms with Crippen molar-refractivity contribution in [3.8, 4) is 0 Å². The van der Waals surface area contributed by atoms with Crippen LogP contribution in [-0.4, -0.2) is 16.9 Å². The third-order valence-corrected chi connectivity index (χ3v) is 2.49. The summed E-state index contributed by atoms with van der Waals surface area (Å²) >= 11 is 0. The predicted octanol–water partition coefficient (Wildman–Crippen LogP) is 0.879. The Labute approximate surface area is 77.7 Å². The van der Waals surface area contributed by atoms with Gasteiger partial charge in [0.15, 0.2) is 0 Å². The molecule has 0 radical (unpaired) electrons. The average Bonchev–Trinajstić information content (AvgIpc) is 2.14. The van der Waals surface area contributed by atoms with Gasteiger partial charge in [-0.3, -0.25) is 0 Å². The van der Waals surface area contributed by atoms with Crippen molar-refractivity contribution in [2.24, 2.45) is 0 Å². The van der Waals surface area contributed by atoms with E-state index < -0.39 is 0 Å². The summed E-state index contributed by atoms with van der Waals surface area (Å²) in [6.45, 7) is 1.19. The lowest BCUT2D eigenvalue weighted by Crippen LogP contribution is -2.09. The van der Waals surface area contributed by atoms with Gasteiger partial charge in [0.05, 0.1) is 10.4 Å². The van der Waals surface area contributed by atoms with Crippen LogP contribution in [0.3, 0.4) is 0 Å². The Bertz CT molecular complexity index is 198. The van der Waals surface area contributed by atoms with Gasteiger partial charge in [-0.1, -0.05) is 30.3 Å². The van der Waals surface area contributed by atoms with Crippen molar-refractivity contribution < 1.29 is 0 Å². The highest BCUT2D eigenvalue weighted by Gasteiger charge is 1.90. The van der Waals surface area contributed by atoms with Crippen molar-refractivity contribution >= 4 is 10.4 Å². The highest BCUT2D eigenvalue weighted by Crippen LogP contribution is 2.03. The molecule has 0 heterocycles. The van der Waals surface area contributed by atoms with Crippen LogP contribution in [0.1, 0.15) is 18.4 Å². The number of aryl methyl sites for hydroxylation is 1. The van der Waals surface area contributed by atoms with Crippen molar-refractivity contribution in [3.05, 3.63) is 35.9 Å². The lowest BCUT2D eigenvalue weighted by Gasteiger charge is -2.00. The van der Waals surface area contributed by atoms with Crippen LogP contribution in [0.2, 0.25) is 0 Å². The monoisotopic (exact) mass is 179 g/mol. The van der Waals surface area contributed by atoms with Gasteiger partial charge in [0.25, 0.3) is 0 Å². The third kappa shape index (κ3) is 3.69. The van der Waals surface area contributed by atoms with Gasteiger partial charge in [-0.25, -0.2) is 0 Å². The molecular formula is C10H17NSi. The molecule has 0 aliphatic heterocycles. The van der Waals surface area contributed by atoms with E-state index in [1.54, 1.807) is 0 Å². The summed E-state index contributed by atoms with van der Waals surface area (Å²) in [5, 5.41) is 0. The number of unbranched alkanes of at least 4 members (excludes halogenated alkanes) is 1. The van der Waals surface area contributed by atoms with Crippen molar-refractivity contribution in [1.29, 1.82) is 0 Å². The van der Waals surface area contributed by atoms with Gasteiger partial charge in [0, 0.05) is 0 Å². The predicted molar refractivity (Wildman–Crippen MR) is 57.3 cm³/mol. The second-order valence-corrected chi connectivity index (χ2v) is 3.75. The van der Waals surface area contributed by atoms with Crippen LogP contribution in [0, 0.1) is 0 Å². The first-order valence-electron chi connectivity index (χ1n) is 4.62. The molecule has 2 heteroatoms. The zero-order chi connectivity index (χ0) is 8.65. The summed E-state index contributed by atoms with van der Waals surface area (Å²) in [7, 11) is 1.13. The Morgan fingerprint density at radius 1 is 1.08 bits per heavy atom. The molecule has 0 spiro atoms. The van der Waals surface area contributed by atoms with Crippen LogP contribution in [0.25, 0.3) is 0 Å².